The van der Waals surface area contributed by atoms with Gasteiger partial charge in [0.25, 0.3) is 0 Å². The lowest BCUT2D eigenvalue weighted by Crippen LogP contribution is -2.10. The van der Waals surface area contributed by atoms with Gasteiger partial charge in [-0.2, -0.15) is 0 Å². The average Bonchev–Trinajstić information content (AvgIpc) is 2.82. The molecule has 3 rings (SSSR count). The zero-order valence-corrected chi connectivity index (χ0v) is 10.6. The topological polar surface area (TPSA) is 35.2 Å². The Balaban J connectivity index is 1.89. The van der Waals surface area contributed by atoms with Crippen molar-refractivity contribution < 1.29 is 4.74 Å². The predicted octanol–water partition coefficient (Wildman–Crippen LogP) is 2.46. The van der Waals surface area contributed by atoms with E-state index in [-0.39, 0.29) is 0 Å². The number of hydrogen-bond donors (Lipinski definition) is 1. The first-order valence-electron chi connectivity index (χ1n) is 6.70. The zero-order chi connectivity index (χ0) is 12.4. The Morgan fingerprint density at radius 3 is 2.67 bits per heavy atom. The van der Waals surface area contributed by atoms with Crippen molar-refractivity contribution in [2.75, 3.05) is 19.8 Å². The van der Waals surface area contributed by atoms with Crippen LogP contribution in [0.15, 0.2) is 30.3 Å². The maximum absolute atomic E-state index is 5.49. The van der Waals surface area contributed by atoms with Gasteiger partial charge in [0.2, 0.25) is 0 Å². The molecule has 0 aromatic heterocycles. The minimum Gasteiger partial charge on any atom is -0.380 e. The van der Waals surface area contributed by atoms with Crippen LogP contribution in [0.4, 0.5) is 0 Å². The molecular formula is C16H19NO. The van der Waals surface area contributed by atoms with E-state index in [1.54, 1.807) is 0 Å². The van der Waals surface area contributed by atoms with E-state index >= 15 is 0 Å². The van der Waals surface area contributed by atoms with Crippen LogP contribution in [-0.2, 0) is 24.0 Å². The minimum absolute atomic E-state index is 0.601. The largest absolute Gasteiger partial charge is 0.380 e. The van der Waals surface area contributed by atoms with Crippen molar-refractivity contribution in [3.05, 3.63) is 47.0 Å². The molecule has 2 heteroatoms. The summed E-state index contributed by atoms with van der Waals surface area (Å²) in [6, 6.07) is 11.2. The summed E-state index contributed by atoms with van der Waals surface area (Å²) in [7, 11) is 0. The van der Waals surface area contributed by atoms with Crippen LogP contribution < -0.4 is 5.73 Å². The van der Waals surface area contributed by atoms with Gasteiger partial charge in [0.1, 0.15) is 0 Å². The fraction of sp³-hybridized carbons (Fsp3) is 0.375. The molecular weight excluding hydrogens is 222 g/mol. The number of nitrogens with two attached hydrogens (primary N) is 1. The van der Waals surface area contributed by atoms with Crippen LogP contribution in [0.2, 0.25) is 0 Å². The highest BCUT2D eigenvalue weighted by Crippen LogP contribution is 2.32. The van der Waals surface area contributed by atoms with Gasteiger partial charge in [0.15, 0.2) is 0 Å². The molecule has 0 bridgehead atoms. The van der Waals surface area contributed by atoms with Gasteiger partial charge < -0.3 is 10.5 Å². The molecule has 0 unspecified atom stereocenters. The van der Waals surface area contributed by atoms with Crippen LogP contribution in [0.5, 0.6) is 0 Å². The van der Waals surface area contributed by atoms with E-state index in [0.29, 0.717) is 13.2 Å². The summed E-state index contributed by atoms with van der Waals surface area (Å²) in [5.74, 6) is 0. The predicted molar refractivity (Wildman–Crippen MR) is 74.9 cm³/mol. The average molecular weight is 241 g/mol. The van der Waals surface area contributed by atoms with E-state index in [9.17, 15) is 0 Å². The second-order valence-corrected chi connectivity index (χ2v) is 4.87. The molecule has 0 heterocycles. The number of ether oxygens (including phenoxy) is 1. The number of aryl methyl sites for hydroxylation is 2. The SMILES string of the molecule is NCCOCCc1ccc2c3c(cccc13)CC2. The molecule has 2 N–H and O–H groups in total. The third kappa shape index (κ3) is 2.02. The number of benzene rings is 2. The summed E-state index contributed by atoms with van der Waals surface area (Å²) >= 11 is 0. The highest BCUT2D eigenvalue weighted by molar-refractivity contribution is 5.93. The zero-order valence-electron chi connectivity index (χ0n) is 10.6. The molecule has 2 nitrogen and oxygen atoms in total. The van der Waals surface area contributed by atoms with Gasteiger partial charge in [-0.05, 0) is 46.7 Å². The third-order valence-corrected chi connectivity index (χ3v) is 3.75. The highest BCUT2D eigenvalue weighted by Gasteiger charge is 2.15. The maximum atomic E-state index is 5.49. The molecule has 0 radical (unpaired) electrons. The Labute approximate surface area is 108 Å². The van der Waals surface area contributed by atoms with Crippen LogP contribution in [0.25, 0.3) is 10.8 Å². The van der Waals surface area contributed by atoms with Crippen molar-refractivity contribution in [2.45, 2.75) is 19.3 Å². The summed E-state index contributed by atoms with van der Waals surface area (Å²) in [6.07, 6.45) is 3.36. The second kappa shape index (κ2) is 5.09. The van der Waals surface area contributed by atoms with Crippen molar-refractivity contribution in [3.8, 4) is 0 Å². The van der Waals surface area contributed by atoms with Gasteiger partial charge in [-0.15, -0.1) is 0 Å². The van der Waals surface area contributed by atoms with Crippen molar-refractivity contribution in [1.29, 1.82) is 0 Å². The molecule has 0 saturated heterocycles. The summed E-state index contributed by atoms with van der Waals surface area (Å²) in [6.45, 7) is 2.01. The molecule has 0 spiro atoms. The molecule has 0 saturated carbocycles. The highest BCUT2D eigenvalue weighted by atomic mass is 16.5. The van der Waals surface area contributed by atoms with Gasteiger partial charge >= 0.3 is 0 Å². The standard InChI is InChI=1S/C16H19NO/c17-9-11-18-10-8-12-4-5-14-7-6-13-2-1-3-15(12)16(13)14/h1-5H,6-11,17H2. The van der Waals surface area contributed by atoms with Crippen molar-refractivity contribution in [2.24, 2.45) is 5.73 Å². The van der Waals surface area contributed by atoms with Gasteiger partial charge in [0.05, 0.1) is 13.2 Å². The molecule has 0 aliphatic heterocycles. The third-order valence-electron chi connectivity index (χ3n) is 3.75. The smallest absolute Gasteiger partial charge is 0.0588 e. The number of rotatable bonds is 5. The van der Waals surface area contributed by atoms with Crippen LogP contribution >= 0.6 is 0 Å². The van der Waals surface area contributed by atoms with Gasteiger partial charge in [0, 0.05) is 6.54 Å². The molecule has 18 heavy (non-hydrogen) atoms. The van der Waals surface area contributed by atoms with Gasteiger partial charge in [-0.25, -0.2) is 0 Å². The van der Waals surface area contributed by atoms with Crippen molar-refractivity contribution in [3.63, 3.8) is 0 Å². The Kier molecular flexibility index (Phi) is 3.31. The van der Waals surface area contributed by atoms with E-state index < -0.39 is 0 Å². The summed E-state index contributed by atoms with van der Waals surface area (Å²) in [5, 5.41) is 2.91. The normalized spacial score (nSPS) is 13.4. The fourth-order valence-electron chi connectivity index (χ4n) is 2.89. The monoisotopic (exact) mass is 241 g/mol. The molecule has 0 atom stereocenters. The van der Waals surface area contributed by atoms with Crippen LogP contribution in [0.1, 0.15) is 16.7 Å². The first-order chi connectivity index (χ1) is 8.90. The molecule has 2 aromatic rings. The Morgan fingerprint density at radius 2 is 1.83 bits per heavy atom. The second-order valence-electron chi connectivity index (χ2n) is 4.87. The lowest BCUT2D eigenvalue weighted by atomic mass is 9.98. The molecule has 1 aliphatic carbocycles. The Hall–Kier alpha value is -1.38. The number of hydrogen-bond acceptors (Lipinski definition) is 2. The molecule has 0 amide bonds. The molecule has 2 aromatic carbocycles. The van der Waals surface area contributed by atoms with E-state index in [1.807, 2.05) is 0 Å². The first-order valence-corrected chi connectivity index (χ1v) is 6.70. The van der Waals surface area contributed by atoms with Crippen LogP contribution in [0, 0.1) is 0 Å². The molecule has 94 valence electrons. The Bertz CT molecular complexity index is 552. The lowest BCUT2D eigenvalue weighted by molar-refractivity contribution is 0.145. The van der Waals surface area contributed by atoms with Gasteiger partial charge in [-0.3, -0.25) is 0 Å². The first kappa shape index (κ1) is 11.7. The summed E-state index contributed by atoms with van der Waals surface area (Å²) in [4.78, 5) is 0. The van der Waals surface area contributed by atoms with Crippen LogP contribution in [0.3, 0.4) is 0 Å². The van der Waals surface area contributed by atoms with E-state index in [4.69, 9.17) is 10.5 Å². The summed E-state index contributed by atoms with van der Waals surface area (Å²) in [5.41, 5.74) is 9.83. The summed E-state index contributed by atoms with van der Waals surface area (Å²) < 4.78 is 5.49. The van der Waals surface area contributed by atoms with Gasteiger partial charge in [-0.1, -0.05) is 30.3 Å². The van der Waals surface area contributed by atoms with Crippen LogP contribution in [-0.4, -0.2) is 19.8 Å². The maximum Gasteiger partial charge on any atom is 0.0588 e. The van der Waals surface area contributed by atoms with E-state index in [2.05, 4.69) is 30.3 Å². The molecule has 0 fully saturated rings. The van der Waals surface area contributed by atoms with Crippen molar-refractivity contribution in [1.82, 2.24) is 0 Å². The quantitative estimate of drug-likeness (QED) is 0.816. The molecule has 1 aliphatic rings. The Morgan fingerprint density at radius 1 is 1.00 bits per heavy atom. The van der Waals surface area contributed by atoms with Crippen molar-refractivity contribution >= 4 is 10.8 Å². The lowest BCUT2D eigenvalue weighted by Gasteiger charge is -2.09. The van der Waals surface area contributed by atoms with E-state index in [1.165, 1.54) is 40.3 Å². The van der Waals surface area contributed by atoms with E-state index in [0.717, 1.165) is 13.0 Å². The minimum atomic E-state index is 0.601. The fourth-order valence-corrected chi connectivity index (χ4v) is 2.89.